The van der Waals surface area contributed by atoms with Gasteiger partial charge in [-0.15, -0.1) is 0 Å². The summed E-state index contributed by atoms with van der Waals surface area (Å²) in [5.41, 5.74) is 0. The lowest BCUT2D eigenvalue weighted by atomic mass is 10.2. The number of carbonyl (C=O) groups is 1. The van der Waals surface area contributed by atoms with Gasteiger partial charge in [0.1, 0.15) is 0 Å². The summed E-state index contributed by atoms with van der Waals surface area (Å²) >= 11 is 0. The first-order chi connectivity index (χ1) is 4.79. The summed E-state index contributed by atoms with van der Waals surface area (Å²) in [4.78, 5) is 9.95. The molecule has 2 N–H and O–H groups in total. The van der Waals surface area contributed by atoms with Crippen LogP contribution in [0.15, 0.2) is 0 Å². The van der Waals surface area contributed by atoms with Crippen molar-refractivity contribution in [2.45, 2.75) is 18.9 Å². The molecular formula is C7H9NO2. The molecule has 1 saturated heterocycles. The van der Waals surface area contributed by atoms with E-state index in [-0.39, 0.29) is 6.04 Å². The van der Waals surface area contributed by atoms with Gasteiger partial charge in [-0.1, -0.05) is 5.92 Å². The van der Waals surface area contributed by atoms with Gasteiger partial charge in [-0.25, -0.2) is 4.79 Å². The topological polar surface area (TPSA) is 49.3 Å². The molecule has 10 heavy (non-hydrogen) atoms. The Morgan fingerprint density at radius 1 is 1.70 bits per heavy atom. The Hall–Kier alpha value is -1.01. The average Bonchev–Trinajstić information content (AvgIpc) is 2.34. The summed E-state index contributed by atoms with van der Waals surface area (Å²) in [6.07, 6.45) is 2.07. The quantitative estimate of drug-likeness (QED) is 0.458. The van der Waals surface area contributed by atoms with Crippen molar-refractivity contribution in [1.29, 1.82) is 0 Å². The number of rotatable bonds is 0. The molecule has 1 heterocycles. The maximum absolute atomic E-state index is 9.95. The first kappa shape index (κ1) is 7.10. The predicted octanol–water partition coefficient (Wildman–Crippen LogP) is -0.174. The second-order valence-electron chi connectivity index (χ2n) is 2.22. The third-order valence-electron chi connectivity index (χ3n) is 1.41. The second kappa shape index (κ2) is 3.23. The van der Waals surface area contributed by atoms with Crippen LogP contribution in [-0.4, -0.2) is 23.7 Å². The molecule has 1 unspecified atom stereocenters. The van der Waals surface area contributed by atoms with Crippen LogP contribution < -0.4 is 5.32 Å². The van der Waals surface area contributed by atoms with Gasteiger partial charge >= 0.3 is 5.97 Å². The SMILES string of the molecule is O=C(O)C#CC1CCCN1. The van der Waals surface area contributed by atoms with Crippen LogP contribution in [0.1, 0.15) is 12.8 Å². The van der Waals surface area contributed by atoms with E-state index in [0.717, 1.165) is 19.4 Å². The fraction of sp³-hybridized carbons (Fsp3) is 0.571. The first-order valence-corrected chi connectivity index (χ1v) is 3.27. The van der Waals surface area contributed by atoms with Crippen molar-refractivity contribution in [2.24, 2.45) is 0 Å². The number of carboxylic acid groups (broad SMARTS) is 1. The molecule has 1 rings (SSSR count). The predicted molar refractivity (Wildman–Crippen MR) is 36.4 cm³/mol. The summed E-state index contributed by atoms with van der Waals surface area (Å²) in [7, 11) is 0. The minimum Gasteiger partial charge on any atom is -0.472 e. The second-order valence-corrected chi connectivity index (χ2v) is 2.22. The van der Waals surface area contributed by atoms with Crippen LogP contribution in [0.5, 0.6) is 0 Å². The molecule has 54 valence electrons. The highest BCUT2D eigenvalue weighted by molar-refractivity contribution is 5.86. The zero-order valence-electron chi connectivity index (χ0n) is 5.55. The molecule has 0 spiro atoms. The summed E-state index contributed by atoms with van der Waals surface area (Å²) < 4.78 is 0. The molecule has 0 aliphatic carbocycles. The van der Waals surface area contributed by atoms with Crippen LogP contribution in [0.2, 0.25) is 0 Å². The zero-order valence-corrected chi connectivity index (χ0v) is 5.55. The van der Waals surface area contributed by atoms with Crippen molar-refractivity contribution in [1.82, 2.24) is 5.32 Å². The Bertz CT molecular complexity index is 184. The Morgan fingerprint density at radius 3 is 3.00 bits per heavy atom. The molecule has 0 aromatic heterocycles. The molecule has 3 nitrogen and oxygen atoms in total. The maximum Gasteiger partial charge on any atom is 0.381 e. The monoisotopic (exact) mass is 139 g/mol. The van der Waals surface area contributed by atoms with E-state index >= 15 is 0 Å². The maximum atomic E-state index is 9.95. The van der Waals surface area contributed by atoms with E-state index in [0.29, 0.717) is 0 Å². The van der Waals surface area contributed by atoms with Crippen molar-refractivity contribution in [3.05, 3.63) is 0 Å². The number of nitrogens with one attached hydrogen (secondary N) is 1. The third-order valence-corrected chi connectivity index (χ3v) is 1.41. The van der Waals surface area contributed by atoms with Gasteiger partial charge in [0.25, 0.3) is 0 Å². The van der Waals surface area contributed by atoms with Gasteiger partial charge in [-0.2, -0.15) is 0 Å². The summed E-state index contributed by atoms with van der Waals surface area (Å²) in [5.74, 6) is 3.66. The van der Waals surface area contributed by atoms with Gasteiger partial charge < -0.3 is 10.4 Å². The smallest absolute Gasteiger partial charge is 0.381 e. The number of hydrogen-bond donors (Lipinski definition) is 2. The molecule has 0 bridgehead atoms. The van der Waals surface area contributed by atoms with Crippen LogP contribution in [0.3, 0.4) is 0 Å². The summed E-state index contributed by atoms with van der Waals surface area (Å²) in [6, 6.07) is 0.107. The van der Waals surface area contributed by atoms with Gasteiger partial charge in [-0.3, -0.25) is 0 Å². The molecule has 0 radical (unpaired) electrons. The highest BCUT2D eigenvalue weighted by Crippen LogP contribution is 2.02. The van der Waals surface area contributed by atoms with Crippen molar-refractivity contribution >= 4 is 5.97 Å². The molecule has 3 heteroatoms. The van der Waals surface area contributed by atoms with Crippen molar-refractivity contribution in [2.75, 3.05) is 6.54 Å². The van der Waals surface area contributed by atoms with Gasteiger partial charge in [0, 0.05) is 5.92 Å². The Labute approximate surface area is 59.4 Å². The van der Waals surface area contributed by atoms with Crippen molar-refractivity contribution < 1.29 is 9.90 Å². The molecule has 0 aromatic carbocycles. The molecule has 0 aromatic rings. The Balaban J connectivity index is 2.38. The van der Waals surface area contributed by atoms with E-state index in [1.165, 1.54) is 0 Å². The third kappa shape index (κ3) is 2.08. The van der Waals surface area contributed by atoms with E-state index in [1.54, 1.807) is 0 Å². The van der Waals surface area contributed by atoms with Crippen LogP contribution in [0.25, 0.3) is 0 Å². The van der Waals surface area contributed by atoms with Crippen LogP contribution in [0.4, 0.5) is 0 Å². The van der Waals surface area contributed by atoms with Gasteiger partial charge in [0.15, 0.2) is 0 Å². The van der Waals surface area contributed by atoms with E-state index in [9.17, 15) is 4.79 Å². The largest absolute Gasteiger partial charge is 0.472 e. The molecule has 1 aliphatic heterocycles. The minimum atomic E-state index is -1.05. The highest BCUT2D eigenvalue weighted by Gasteiger charge is 2.09. The van der Waals surface area contributed by atoms with E-state index in [2.05, 4.69) is 17.2 Å². The van der Waals surface area contributed by atoms with E-state index in [1.807, 2.05) is 0 Å². The lowest BCUT2D eigenvalue weighted by Gasteiger charge is -1.95. The van der Waals surface area contributed by atoms with Crippen molar-refractivity contribution in [3.8, 4) is 11.8 Å². The number of aliphatic carboxylic acids is 1. The van der Waals surface area contributed by atoms with Crippen LogP contribution >= 0.6 is 0 Å². The minimum absolute atomic E-state index is 0.107. The van der Waals surface area contributed by atoms with Crippen molar-refractivity contribution in [3.63, 3.8) is 0 Å². The molecule has 1 atom stereocenters. The molecule has 0 saturated carbocycles. The normalized spacial score (nSPS) is 23.4. The summed E-state index contributed by atoms with van der Waals surface area (Å²) in [5, 5.41) is 11.2. The first-order valence-electron chi connectivity index (χ1n) is 3.27. The Morgan fingerprint density at radius 2 is 2.50 bits per heavy atom. The lowest BCUT2D eigenvalue weighted by molar-refractivity contribution is -0.130. The van der Waals surface area contributed by atoms with E-state index < -0.39 is 5.97 Å². The van der Waals surface area contributed by atoms with Crippen LogP contribution in [0, 0.1) is 11.8 Å². The van der Waals surface area contributed by atoms with Gasteiger partial charge in [0.2, 0.25) is 0 Å². The molecular weight excluding hydrogens is 130 g/mol. The fourth-order valence-electron chi connectivity index (χ4n) is 0.957. The fourth-order valence-corrected chi connectivity index (χ4v) is 0.957. The van der Waals surface area contributed by atoms with E-state index in [4.69, 9.17) is 5.11 Å². The van der Waals surface area contributed by atoms with Crippen LogP contribution in [-0.2, 0) is 4.79 Å². The number of carboxylic acids is 1. The standard InChI is InChI=1S/C7H9NO2/c9-7(10)4-3-6-2-1-5-8-6/h6,8H,1-2,5H2,(H,9,10). The zero-order chi connectivity index (χ0) is 7.40. The molecule has 1 aliphatic rings. The lowest BCUT2D eigenvalue weighted by Crippen LogP contribution is -2.19. The Kier molecular flexibility index (Phi) is 2.30. The average molecular weight is 139 g/mol. The number of hydrogen-bond acceptors (Lipinski definition) is 2. The van der Waals surface area contributed by atoms with Gasteiger partial charge in [-0.05, 0) is 19.4 Å². The highest BCUT2D eigenvalue weighted by atomic mass is 16.4. The van der Waals surface area contributed by atoms with Gasteiger partial charge in [0.05, 0.1) is 6.04 Å². The molecule has 1 fully saturated rings. The molecule has 0 amide bonds. The summed E-state index contributed by atoms with van der Waals surface area (Å²) in [6.45, 7) is 0.957.